The van der Waals surface area contributed by atoms with Crippen LogP contribution in [0.5, 0.6) is 0 Å². The quantitative estimate of drug-likeness (QED) is 0.195. The third kappa shape index (κ3) is 14.1. The second kappa shape index (κ2) is 15.2. The lowest BCUT2D eigenvalue weighted by Gasteiger charge is -2.20. The normalized spacial score (nSPS) is 10.7. The van der Waals surface area contributed by atoms with Gasteiger partial charge in [0.1, 0.15) is 26.4 Å². The van der Waals surface area contributed by atoms with Gasteiger partial charge in [-0.05, 0) is 47.5 Å². The Bertz CT molecular complexity index is 631. The van der Waals surface area contributed by atoms with Gasteiger partial charge in [-0.1, -0.05) is 27.0 Å². The van der Waals surface area contributed by atoms with Crippen molar-refractivity contribution in [1.29, 1.82) is 0 Å². The molecule has 0 aliphatic carbocycles. The highest BCUT2D eigenvalue weighted by Gasteiger charge is 2.27. The van der Waals surface area contributed by atoms with Crippen molar-refractivity contribution in [1.82, 2.24) is 0 Å². The fourth-order valence-electron chi connectivity index (χ4n) is 1.41. The number of ether oxygens (including phenoxy) is 4. The Morgan fingerprint density at radius 1 is 0.742 bits per heavy atom. The van der Waals surface area contributed by atoms with Gasteiger partial charge in [0.05, 0.1) is 10.8 Å². The Kier molecular flexibility index (Phi) is 15.0. The molecule has 0 aliphatic rings. The zero-order chi connectivity index (χ0) is 24.7. The lowest BCUT2D eigenvalue weighted by Crippen LogP contribution is -2.27. The third-order valence-electron chi connectivity index (χ3n) is 4.50. The predicted octanol–water partition coefficient (Wildman–Crippen LogP) is 3.78. The molecule has 0 aliphatic heterocycles. The van der Waals surface area contributed by atoms with Gasteiger partial charge in [0.25, 0.3) is 0 Å². The van der Waals surface area contributed by atoms with Crippen LogP contribution < -0.4 is 0 Å². The molecule has 8 nitrogen and oxygen atoms in total. The Morgan fingerprint density at radius 3 is 1.42 bits per heavy atom. The summed E-state index contributed by atoms with van der Waals surface area (Å²) in [6.07, 6.45) is 2.48. The number of hydrogen-bond acceptors (Lipinski definition) is 8. The Hall–Kier alpha value is -2.64. The zero-order valence-corrected chi connectivity index (χ0v) is 20.0. The minimum Gasteiger partial charge on any atom is -0.462 e. The first kappa shape index (κ1) is 30.6. The molecular weight excluding hydrogens is 404 g/mol. The summed E-state index contributed by atoms with van der Waals surface area (Å²) < 4.78 is 19.4. The van der Waals surface area contributed by atoms with Crippen LogP contribution in [0.25, 0.3) is 0 Å². The number of carbonyl (C=O) groups is 4. The van der Waals surface area contributed by atoms with E-state index in [-0.39, 0.29) is 38.4 Å². The standard InChI is InChI=1S/C12H20O4.C11H18O4/c1-6-12(4,5)11(14)16-8-7-15-10(13)9(2)3;1-5-9(12)14-7-8-15-10(13)11(3,4)6-2/h2,6-8H2,1,3-5H3;5H,1,6-8H2,2-4H3. The first-order valence-corrected chi connectivity index (χ1v) is 10.2. The van der Waals surface area contributed by atoms with E-state index >= 15 is 0 Å². The van der Waals surface area contributed by atoms with Crippen LogP contribution in [0.1, 0.15) is 61.3 Å². The Morgan fingerprint density at radius 2 is 1.10 bits per heavy atom. The maximum absolute atomic E-state index is 11.5. The van der Waals surface area contributed by atoms with E-state index in [0.717, 1.165) is 6.08 Å². The SMILES string of the molecule is C=C(C)C(=O)OCCOC(=O)C(C)(C)CC.C=CC(=O)OCCOC(=O)C(C)(C)CC. The predicted molar refractivity (Wildman–Crippen MR) is 117 cm³/mol. The van der Waals surface area contributed by atoms with Gasteiger partial charge < -0.3 is 18.9 Å². The van der Waals surface area contributed by atoms with Crippen molar-refractivity contribution in [2.75, 3.05) is 26.4 Å². The molecule has 0 amide bonds. The molecule has 0 radical (unpaired) electrons. The minimum absolute atomic E-state index is 0.0659. The van der Waals surface area contributed by atoms with Crippen LogP contribution in [0.15, 0.2) is 24.8 Å². The highest BCUT2D eigenvalue weighted by molar-refractivity contribution is 5.86. The topological polar surface area (TPSA) is 105 Å². The second-order valence-electron chi connectivity index (χ2n) is 8.03. The van der Waals surface area contributed by atoms with Gasteiger partial charge in [0, 0.05) is 11.6 Å². The monoisotopic (exact) mass is 442 g/mol. The van der Waals surface area contributed by atoms with Crippen LogP contribution in [0.3, 0.4) is 0 Å². The summed E-state index contributed by atoms with van der Waals surface area (Å²) in [7, 11) is 0. The van der Waals surface area contributed by atoms with Crippen molar-refractivity contribution >= 4 is 23.9 Å². The van der Waals surface area contributed by atoms with E-state index in [9.17, 15) is 19.2 Å². The third-order valence-corrected chi connectivity index (χ3v) is 4.50. The van der Waals surface area contributed by atoms with Gasteiger partial charge in [-0.15, -0.1) is 0 Å². The maximum atomic E-state index is 11.5. The molecule has 0 saturated heterocycles. The van der Waals surface area contributed by atoms with Crippen LogP contribution in [0.4, 0.5) is 0 Å². The number of hydrogen-bond donors (Lipinski definition) is 0. The molecule has 0 aromatic rings. The molecule has 0 N–H and O–H groups in total. The Balaban J connectivity index is 0. The van der Waals surface area contributed by atoms with Gasteiger partial charge >= 0.3 is 23.9 Å². The fourth-order valence-corrected chi connectivity index (χ4v) is 1.41. The smallest absolute Gasteiger partial charge is 0.333 e. The van der Waals surface area contributed by atoms with Crippen molar-refractivity contribution in [2.24, 2.45) is 10.8 Å². The van der Waals surface area contributed by atoms with Crippen LogP contribution >= 0.6 is 0 Å². The van der Waals surface area contributed by atoms with E-state index < -0.39 is 22.8 Å². The molecule has 0 fully saturated rings. The zero-order valence-electron chi connectivity index (χ0n) is 20.0. The average Bonchev–Trinajstić information content (AvgIpc) is 2.73. The average molecular weight is 443 g/mol. The molecule has 8 heteroatoms. The van der Waals surface area contributed by atoms with Crippen molar-refractivity contribution in [3.63, 3.8) is 0 Å². The van der Waals surface area contributed by atoms with Gasteiger partial charge in [-0.2, -0.15) is 0 Å². The lowest BCUT2D eigenvalue weighted by atomic mass is 9.91. The Labute approximate surface area is 185 Å². The molecule has 0 saturated carbocycles. The van der Waals surface area contributed by atoms with Gasteiger partial charge in [-0.25, -0.2) is 9.59 Å². The molecule has 0 atom stereocenters. The van der Waals surface area contributed by atoms with E-state index in [1.807, 2.05) is 41.5 Å². The molecule has 0 aromatic heterocycles. The van der Waals surface area contributed by atoms with Crippen LogP contribution in [-0.4, -0.2) is 50.3 Å². The summed E-state index contributed by atoms with van der Waals surface area (Å²) in [5.41, 5.74) is -0.638. The van der Waals surface area contributed by atoms with E-state index in [4.69, 9.17) is 14.2 Å². The van der Waals surface area contributed by atoms with Crippen molar-refractivity contribution in [2.45, 2.75) is 61.3 Å². The minimum atomic E-state index is -0.513. The van der Waals surface area contributed by atoms with Crippen LogP contribution in [0, 0.1) is 10.8 Å². The molecule has 0 rings (SSSR count). The van der Waals surface area contributed by atoms with Crippen molar-refractivity contribution in [3.05, 3.63) is 24.8 Å². The van der Waals surface area contributed by atoms with Gasteiger partial charge in [-0.3, -0.25) is 9.59 Å². The first-order valence-electron chi connectivity index (χ1n) is 10.2. The molecule has 0 spiro atoms. The molecule has 31 heavy (non-hydrogen) atoms. The molecule has 178 valence electrons. The highest BCUT2D eigenvalue weighted by Crippen LogP contribution is 2.21. The van der Waals surface area contributed by atoms with E-state index in [1.54, 1.807) is 6.92 Å². The van der Waals surface area contributed by atoms with E-state index in [1.165, 1.54) is 0 Å². The summed E-state index contributed by atoms with van der Waals surface area (Å²) in [6.45, 7) is 19.6. The van der Waals surface area contributed by atoms with E-state index in [2.05, 4.69) is 17.9 Å². The summed E-state index contributed by atoms with van der Waals surface area (Å²) in [5, 5.41) is 0. The van der Waals surface area contributed by atoms with Crippen molar-refractivity contribution < 1.29 is 38.1 Å². The molecule has 0 bridgehead atoms. The largest absolute Gasteiger partial charge is 0.462 e. The summed E-state index contributed by atoms with van der Waals surface area (Å²) in [4.78, 5) is 44.5. The summed E-state index contributed by atoms with van der Waals surface area (Å²) in [5.74, 6) is -1.53. The molecule has 0 heterocycles. The molecule has 0 unspecified atom stereocenters. The number of carbonyl (C=O) groups excluding carboxylic acids is 4. The number of esters is 4. The summed E-state index contributed by atoms with van der Waals surface area (Å²) in [6, 6.07) is 0. The van der Waals surface area contributed by atoms with Crippen LogP contribution in [-0.2, 0) is 38.1 Å². The lowest BCUT2D eigenvalue weighted by molar-refractivity contribution is -0.158. The van der Waals surface area contributed by atoms with Crippen LogP contribution in [0.2, 0.25) is 0 Å². The number of rotatable bonds is 12. The summed E-state index contributed by atoms with van der Waals surface area (Å²) >= 11 is 0. The molecular formula is C23H38O8. The van der Waals surface area contributed by atoms with Crippen molar-refractivity contribution in [3.8, 4) is 0 Å². The molecule has 0 aromatic carbocycles. The van der Waals surface area contributed by atoms with Gasteiger partial charge in [0.15, 0.2) is 0 Å². The fraction of sp³-hybridized carbons (Fsp3) is 0.652. The first-order chi connectivity index (χ1) is 14.2. The second-order valence-corrected chi connectivity index (χ2v) is 8.03. The highest BCUT2D eigenvalue weighted by atomic mass is 16.6. The van der Waals surface area contributed by atoms with E-state index in [0.29, 0.717) is 18.4 Å². The maximum Gasteiger partial charge on any atom is 0.333 e. The van der Waals surface area contributed by atoms with Gasteiger partial charge in [0.2, 0.25) is 0 Å².